The molecule has 0 N–H and O–H groups in total. The van der Waals surface area contributed by atoms with E-state index in [9.17, 15) is 4.79 Å². The number of aldehydes is 1. The third-order valence-corrected chi connectivity index (χ3v) is 3.30. The molecular weight excluding hydrogens is 292 g/mol. The number of halogens is 1. The fourth-order valence-electron chi connectivity index (χ4n) is 1.90. The van der Waals surface area contributed by atoms with Crippen molar-refractivity contribution in [2.75, 3.05) is 7.11 Å². The predicted octanol–water partition coefficient (Wildman–Crippen LogP) is 3.86. The van der Waals surface area contributed by atoms with Gasteiger partial charge in [0.15, 0.2) is 0 Å². The van der Waals surface area contributed by atoms with E-state index in [0.29, 0.717) is 12.0 Å². The molecule has 2 aromatic rings. The van der Waals surface area contributed by atoms with Crippen molar-refractivity contribution in [1.82, 2.24) is 0 Å². The number of methoxy groups -OCH3 is 1. The van der Waals surface area contributed by atoms with Crippen LogP contribution in [-0.2, 0) is 6.42 Å². The molecule has 0 fully saturated rings. The van der Waals surface area contributed by atoms with E-state index in [0.717, 1.165) is 27.6 Å². The highest BCUT2D eigenvalue weighted by atomic mass is 79.9. The SMILES string of the molecule is COc1ccccc1Cc1cc(Br)ccc1C=O. The van der Waals surface area contributed by atoms with Crippen LogP contribution < -0.4 is 4.74 Å². The van der Waals surface area contributed by atoms with E-state index < -0.39 is 0 Å². The number of carbonyl (C=O) groups is 1. The summed E-state index contributed by atoms with van der Waals surface area (Å²) in [7, 11) is 1.65. The van der Waals surface area contributed by atoms with Gasteiger partial charge in [0.05, 0.1) is 7.11 Å². The summed E-state index contributed by atoms with van der Waals surface area (Å²) in [5.41, 5.74) is 2.77. The van der Waals surface area contributed by atoms with Crippen molar-refractivity contribution in [3.8, 4) is 5.75 Å². The highest BCUT2D eigenvalue weighted by Crippen LogP contribution is 2.24. The molecule has 2 rings (SSSR count). The summed E-state index contributed by atoms with van der Waals surface area (Å²) >= 11 is 3.43. The molecule has 92 valence electrons. The zero-order valence-electron chi connectivity index (χ0n) is 10.0. The first kappa shape index (κ1) is 12.8. The first-order valence-corrected chi connectivity index (χ1v) is 6.39. The van der Waals surface area contributed by atoms with Gasteiger partial charge in [-0.2, -0.15) is 0 Å². The molecule has 0 aliphatic heterocycles. The van der Waals surface area contributed by atoms with E-state index in [1.807, 2.05) is 42.5 Å². The number of ether oxygens (including phenoxy) is 1. The molecule has 0 amide bonds. The Morgan fingerprint density at radius 3 is 2.67 bits per heavy atom. The third kappa shape index (κ3) is 2.79. The van der Waals surface area contributed by atoms with Gasteiger partial charge in [-0.05, 0) is 29.3 Å². The first-order valence-electron chi connectivity index (χ1n) is 5.60. The zero-order chi connectivity index (χ0) is 13.0. The van der Waals surface area contributed by atoms with Gasteiger partial charge in [-0.25, -0.2) is 0 Å². The molecule has 18 heavy (non-hydrogen) atoms. The van der Waals surface area contributed by atoms with E-state index in [2.05, 4.69) is 15.9 Å². The largest absolute Gasteiger partial charge is 0.496 e. The number of para-hydroxylation sites is 1. The minimum atomic E-state index is 0.678. The van der Waals surface area contributed by atoms with Gasteiger partial charge in [0, 0.05) is 16.5 Å². The van der Waals surface area contributed by atoms with Crippen molar-refractivity contribution >= 4 is 22.2 Å². The minimum absolute atomic E-state index is 0.678. The number of rotatable bonds is 4. The van der Waals surface area contributed by atoms with Gasteiger partial charge in [0.1, 0.15) is 12.0 Å². The molecular formula is C15H13BrO2. The summed E-state index contributed by atoms with van der Waals surface area (Å²) in [6, 6.07) is 13.5. The molecule has 0 aliphatic carbocycles. The molecule has 3 heteroatoms. The quantitative estimate of drug-likeness (QED) is 0.802. The topological polar surface area (TPSA) is 26.3 Å². The standard InChI is InChI=1S/C15H13BrO2/c1-18-15-5-3-2-4-11(15)8-13-9-14(16)7-6-12(13)10-17/h2-7,9-10H,8H2,1H3. The molecule has 0 unspecified atom stereocenters. The highest BCUT2D eigenvalue weighted by molar-refractivity contribution is 9.10. The van der Waals surface area contributed by atoms with Gasteiger partial charge in [-0.15, -0.1) is 0 Å². The Hall–Kier alpha value is -1.61. The van der Waals surface area contributed by atoms with Crippen molar-refractivity contribution < 1.29 is 9.53 Å². The van der Waals surface area contributed by atoms with E-state index in [-0.39, 0.29) is 0 Å². The predicted molar refractivity (Wildman–Crippen MR) is 75.3 cm³/mol. The average molecular weight is 305 g/mol. The maximum absolute atomic E-state index is 11.0. The summed E-state index contributed by atoms with van der Waals surface area (Å²) in [5.74, 6) is 0.842. The van der Waals surface area contributed by atoms with Crippen molar-refractivity contribution in [3.05, 3.63) is 63.6 Å². The monoisotopic (exact) mass is 304 g/mol. The van der Waals surface area contributed by atoms with Crippen molar-refractivity contribution in [3.63, 3.8) is 0 Å². The fourth-order valence-corrected chi connectivity index (χ4v) is 2.31. The Kier molecular flexibility index (Phi) is 4.15. The lowest BCUT2D eigenvalue weighted by Gasteiger charge is -2.10. The Morgan fingerprint density at radius 1 is 1.17 bits per heavy atom. The highest BCUT2D eigenvalue weighted by Gasteiger charge is 2.07. The maximum Gasteiger partial charge on any atom is 0.150 e. The Bertz CT molecular complexity index is 564. The molecule has 0 saturated carbocycles. The Labute approximate surface area is 115 Å². The van der Waals surface area contributed by atoms with Crippen LogP contribution >= 0.6 is 15.9 Å². The minimum Gasteiger partial charge on any atom is -0.496 e. The maximum atomic E-state index is 11.0. The van der Waals surface area contributed by atoms with Crippen LogP contribution in [0.4, 0.5) is 0 Å². The fraction of sp³-hybridized carbons (Fsp3) is 0.133. The van der Waals surface area contributed by atoms with Crippen molar-refractivity contribution in [2.24, 2.45) is 0 Å². The van der Waals surface area contributed by atoms with Crippen molar-refractivity contribution in [1.29, 1.82) is 0 Å². The molecule has 2 nitrogen and oxygen atoms in total. The molecule has 0 saturated heterocycles. The number of carbonyl (C=O) groups excluding carboxylic acids is 1. The summed E-state index contributed by atoms with van der Waals surface area (Å²) in [6.07, 6.45) is 1.56. The van der Waals surface area contributed by atoms with Gasteiger partial charge >= 0.3 is 0 Å². The van der Waals surface area contributed by atoms with Gasteiger partial charge in [0.2, 0.25) is 0 Å². The Morgan fingerprint density at radius 2 is 1.94 bits per heavy atom. The van der Waals surface area contributed by atoms with Crippen LogP contribution in [0.5, 0.6) is 5.75 Å². The van der Waals surface area contributed by atoms with Crippen LogP contribution in [0.3, 0.4) is 0 Å². The molecule has 0 aromatic heterocycles. The van der Waals surface area contributed by atoms with Crippen LogP contribution in [0.25, 0.3) is 0 Å². The molecule has 0 heterocycles. The van der Waals surface area contributed by atoms with Gasteiger partial charge in [-0.3, -0.25) is 4.79 Å². The molecule has 0 aliphatic rings. The lowest BCUT2D eigenvalue weighted by Crippen LogP contribution is -1.97. The average Bonchev–Trinajstić information content (AvgIpc) is 2.40. The molecule has 2 aromatic carbocycles. The second-order valence-electron chi connectivity index (χ2n) is 3.95. The molecule has 0 radical (unpaired) electrons. The second kappa shape index (κ2) is 5.83. The van der Waals surface area contributed by atoms with E-state index in [4.69, 9.17) is 4.74 Å². The van der Waals surface area contributed by atoms with Crippen LogP contribution in [-0.4, -0.2) is 13.4 Å². The van der Waals surface area contributed by atoms with Crippen LogP contribution in [0.15, 0.2) is 46.9 Å². The second-order valence-corrected chi connectivity index (χ2v) is 4.87. The first-order chi connectivity index (χ1) is 8.74. The molecule has 0 atom stereocenters. The van der Waals surface area contributed by atoms with Crippen LogP contribution in [0, 0.1) is 0 Å². The molecule has 0 bridgehead atoms. The number of hydrogen-bond donors (Lipinski definition) is 0. The molecule has 0 spiro atoms. The van der Waals surface area contributed by atoms with E-state index in [1.54, 1.807) is 7.11 Å². The van der Waals surface area contributed by atoms with Crippen LogP contribution in [0.2, 0.25) is 0 Å². The van der Waals surface area contributed by atoms with Gasteiger partial charge in [-0.1, -0.05) is 40.2 Å². The van der Waals surface area contributed by atoms with Crippen LogP contribution in [0.1, 0.15) is 21.5 Å². The van der Waals surface area contributed by atoms with Gasteiger partial charge < -0.3 is 4.74 Å². The smallest absolute Gasteiger partial charge is 0.150 e. The summed E-state index contributed by atoms with van der Waals surface area (Å²) in [5, 5.41) is 0. The summed E-state index contributed by atoms with van der Waals surface area (Å²) in [4.78, 5) is 11.0. The summed E-state index contributed by atoms with van der Waals surface area (Å²) in [6.45, 7) is 0. The van der Waals surface area contributed by atoms with E-state index >= 15 is 0 Å². The number of benzene rings is 2. The Balaban J connectivity index is 2.39. The normalized spacial score (nSPS) is 10.1. The zero-order valence-corrected chi connectivity index (χ0v) is 11.6. The lowest BCUT2D eigenvalue weighted by molar-refractivity contribution is 0.112. The van der Waals surface area contributed by atoms with E-state index in [1.165, 1.54) is 0 Å². The third-order valence-electron chi connectivity index (χ3n) is 2.81. The van der Waals surface area contributed by atoms with Gasteiger partial charge in [0.25, 0.3) is 0 Å². The lowest BCUT2D eigenvalue weighted by atomic mass is 10.00. The summed E-state index contributed by atoms with van der Waals surface area (Å²) < 4.78 is 6.29. The van der Waals surface area contributed by atoms with Crippen molar-refractivity contribution in [2.45, 2.75) is 6.42 Å². The number of hydrogen-bond acceptors (Lipinski definition) is 2.